The largest absolute Gasteiger partial charge is 0.0882 e. The fraction of sp³-hybridized carbons (Fsp3) is 0. The SMILES string of the molecule is [c]1c(-c2ccccc2)ccc(Sc2cccc3ccccc23)c1Sc1cccc2ccccc12. The highest BCUT2D eigenvalue weighted by molar-refractivity contribution is 8.02. The smallest absolute Gasteiger partial charge is 0.0347 e. The normalized spacial score (nSPS) is 11.2. The topological polar surface area (TPSA) is 0 Å². The van der Waals surface area contributed by atoms with Crippen molar-refractivity contribution in [1.82, 2.24) is 0 Å². The van der Waals surface area contributed by atoms with Crippen LogP contribution in [0.5, 0.6) is 0 Å². The van der Waals surface area contributed by atoms with Crippen LogP contribution in [-0.4, -0.2) is 0 Å². The summed E-state index contributed by atoms with van der Waals surface area (Å²) >= 11 is 3.62. The van der Waals surface area contributed by atoms with Crippen LogP contribution in [0.1, 0.15) is 0 Å². The first kappa shape index (κ1) is 21.1. The first-order valence-corrected chi connectivity index (χ1v) is 12.9. The Kier molecular flexibility index (Phi) is 5.85. The summed E-state index contributed by atoms with van der Waals surface area (Å²) < 4.78 is 0. The van der Waals surface area contributed by atoms with Gasteiger partial charge >= 0.3 is 0 Å². The van der Waals surface area contributed by atoms with Gasteiger partial charge in [-0.05, 0) is 50.9 Å². The molecule has 0 spiro atoms. The highest BCUT2D eigenvalue weighted by atomic mass is 32.2. The number of hydrogen-bond acceptors (Lipinski definition) is 2. The van der Waals surface area contributed by atoms with Gasteiger partial charge in [0.2, 0.25) is 0 Å². The molecule has 0 amide bonds. The average molecular weight is 470 g/mol. The van der Waals surface area contributed by atoms with Crippen molar-refractivity contribution in [3.05, 3.63) is 133 Å². The Morgan fingerprint density at radius 1 is 0.412 bits per heavy atom. The van der Waals surface area contributed by atoms with Gasteiger partial charge in [-0.25, -0.2) is 0 Å². The lowest BCUT2D eigenvalue weighted by Crippen LogP contribution is -1.86. The lowest BCUT2D eigenvalue weighted by Gasteiger charge is -2.14. The molecule has 0 aromatic heterocycles. The fourth-order valence-corrected chi connectivity index (χ4v) is 6.40. The lowest BCUT2D eigenvalue weighted by molar-refractivity contribution is 1.23. The van der Waals surface area contributed by atoms with E-state index in [0.29, 0.717) is 0 Å². The van der Waals surface area contributed by atoms with Crippen molar-refractivity contribution in [3.63, 3.8) is 0 Å². The van der Waals surface area contributed by atoms with Gasteiger partial charge in [-0.15, -0.1) is 0 Å². The fourth-order valence-electron chi connectivity index (χ4n) is 4.20. The molecule has 0 saturated carbocycles. The summed E-state index contributed by atoms with van der Waals surface area (Å²) in [6.45, 7) is 0. The third-order valence-corrected chi connectivity index (χ3v) is 8.26. The van der Waals surface area contributed by atoms with Crippen molar-refractivity contribution in [1.29, 1.82) is 0 Å². The molecule has 161 valence electrons. The van der Waals surface area contributed by atoms with Crippen molar-refractivity contribution in [3.8, 4) is 11.1 Å². The van der Waals surface area contributed by atoms with Crippen LogP contribution < -0.4 is 0 Å². The van der Waals surface area contributed by atoms with E-state index in [1.54, 1.807) is 11.8 Å². The molecule has 6 aromatic carbocycles. The maximum atomic E-state index is 3.75. The molecule has 0 atom stereocenters. The second kappa shape index (κ2) is 9.42. The summed E-state index contributed by atoms with van der Waals surface area (Å²) in [6, 6.07) is 49.0. The van der Waals surface area contributed by atoms with Crippen molar-refractivity contribution in [2.24, 2.45) is 0 Å². The Morgan fingerprint density at radius 3 is 1.65 bits per heavy atom. The van der Waals surface area contributed by atoms with Crippen LogP contribution >= 0.6 is 23.5 Å². The predicted molar refractivity (Wildman–Crippen MR) is 147 cm³/mol. The van der Waals surface area contributed by atoms with E-state index in [1.165, 1.54) is 41.8 Å². The monoisotopic (exact) mass is 469 g/mol. The Morgan fingerprint density at radius 2 is 0.971 bits per heavy atom. The van der Waals surface area contributed by atoms with Gasteiger partial charge in [0.15, 0.2) is 0 Å². The van der Waals surface area contributed by atoms with Gasteiger partial charge < -0.3 is 0 Å². The molecule has 1 radical (unpaired) electrons. The molecule has 0 aliphatic heterocycles. The standard InChI is InChI=1S/C32H21S2/c1-2-10-23(11-3-1)26-20-21-31(33-29-18-8-14-24-12-4-6-16-27(24)29)32(22-26)34-30-19-9-15-25-13-5-7-17-28(25)30/h1-21H. The van der Waals surface area contributed by atoms with Crippen molar-refractivity contribution < 1.29 is 0 Å². The van der Waals surface area contributed by atoms with Crippen LogP contribution in [0, 0.1) is 6.07 Å². The number of fused-ring (bicyclic) bond motifs is 2. The van der Waals surface area contributed by atoms with Crippen LogP contribution in [-0.2, 0) is 0 Å². The summed E-state index contributed by atoms with van der Waals surface area (Å²) in [5.41, 5.74) is 2.30. The lowest BCUT2D eigenvalue weighted by atomic mass is 10.1. The van der Waals surface area contributed by atoms with E-state index in [1.807, 2.05) is 11.8 Å². The van der Waals surface area contributed by atoms with Crippen LogP contribution in [0.3, 0.4) is 0 Å². The third kappa shape index (κ3) is 4.23. The minimum atomic E-state index is 1.12. The van der Waals surface area contributed by atoms with Crippen molar-refractivity contribution in [2.45, 2.75) is 19.6 Å². The summed E-state index contributed by atoms with van der Waals surface area (Å²) in [4.78, 5) is 4.88. The van der Waals surface area contributed by atoms with Gasteiger partial charge in [0.05, 0.1) is 0 Å². The zero-order chi connectivity index (χ0) is 22.7. The van der Waals surface area contributed by atoms with Gasteiger partial charge in [0, 0.05) is 25.6 Å². The Labute approximate surface area is 208 Å². The second-order valence-electron chi connectivity index (χ2n) is 8.09. The number of benzene rings is 6. The van der Waals surface area contributed by atoms with Crippen LogP contribution in [0.4, 0.5) is 0 Å². The molecule has 0 aliphatic rings. The van der Waals surface area contributed by atoms with Crippen LogP contribution in [0.25, 0.3) is 32.7 Å². The number of hydrogen-bond donors (Lipinski definition) is 0. The summed E-state index contributed by atoms with van der Waals surface area (Å²) in [5, 5.41) is 5.08. The Hall–Kier alpha value is -3.46. The van der Waals surface area contributed by atoms with E-state index in [-0.39, 0.29) is 0 Å². The molecule has 6 aromatic rings. The highest BCUT2D eigenvalue weighted by Gasteiger charge is 2.13. The maximum Gasteiger partial charge on any atom is 0.0347 e. The molecular weight excluding hydrogens is 448 g/mol. The van der Waals surface area contributed by atoms with Gasteiger partial charge in [-0.1, -0.05) is 133 Å². The van der Waals surface area contributed by atoms with E-state index < -0.39 is 0 Å². The first-order valence-electron chi connectivity index (χ1n) is 11.3. The Balaban J connectivity index is 1.47. The van der Waals surface area contributed by atoms with Crippen LogP contribution in [0.15, 0.2) is 147 Å². The summed E-state index contributed by atoms with van der Waals surface area (Å²) in [7, 11) is 0. The quantitative estimate of drug-likeness (QED) is 0.246. The molecule has 6 rings (SSSR count). The molecule has 2 heteroatoms. The molecule has 34 heavy (non-hydrogen) atoms. The van der Waals surface area contributed by atoms with Gasteiger partial charge in [-0.3, -0.25) is 0 Å². The van der Waals surface area contributed by atoms with Crippen molar-refractivity contribution in [2.75, 3.05) is 0 Å². The first-order chi connectivity index (χ1) is 16.8. The molecule has 0 nitrogen and oxygen atoms in total. The highest BCUT2D eigenvalue weighted by Crippen LogP contribution is 2.43. The molecule has 0 bridgehead atoms. The zero-order valence-electron chi connectivity index (χ0n) is 18.4. The molecule has 0 fully saturated rings. The third-order valence-electron chi connectivity index (χ3n) is 5.89. The molecule has 0 unspecified atom stereocenters. The molecule has 0 heterocycles. The van der Waals surface area contributed by atoms with E-state index in [4.69, 9.17) is 0 Å². The minimum Gasteiger partial charge on any atom is -0.0882 e. The summed E-state index contributed by atoms with van der Waals surface area (Å²) in [6.07, 6.45) is 0. The summed E-state index contributed by atoms with van der Waals surface area (Å²) in [5.74, 6) is 0. The molecular formula is C32H21S2. The molecule has 0 saturated heterocycles. The average Bonchev–Trinajstić information content (AvgIpc) is 2.90. The van der Waals surface area contributed by atoms with Crippen LogP contribution in [0.2, 0.25) is 0 Å². The second-order valence-corrected chi connectivity index (χ2v) is 10.2. The van der Waals surface area contributed by atoms with E-state index in [2.05, 4.69) is 133 Å². The zero-order valence-corrected chi connectivity index (χ0v) is 20.1. The van der Waals surface area contributed by atoms with Gasteiger partial charge in [0.1, 0.15) is 0 Å². The van der Waals surface area contributed by atoms with Crippen molar-refractivity contribution >= 4 is 45.1 Å². The van der Waals surface area contributed by atoms with E-state index >= 15 is 0 Å². The number of rotatable bonds is 5. The van der Waals surface area contributed by atoms with Gasteiger partial charge in [0.25, 0.3) is 0 Å². The maximum absolute atomic E-state index is 3.75. The Bertz CT molecular complexity index is 1590. The van der Waals surface area contributed by atoms with E-state index in [0.717, 1.165) is 10.5 Å². The minimum absolute atomic E-state index is 1.12. The molecule has 0 aliphatic carbocycles. The van der Waals surface area contributed by atoms with E-state index in [9.17, 15) is 0 Å². The van der Waals surface area contributed by atoms with Gasteiger partial charge in [-0.2, -0.15) is 0 Å². The molecule has 0 N–H and O–H groups in total. The predicted octanol–water partition coefficient (Wildman–Crippen LogP) is 9.76.